The zero-order chi connectivity index (χ0) is 25.2. The van der Waals surface area contributed by atoms with Crippen molar-refractivity contribution in [3.8, 4) is 11.3 Å². The maximum Gasteiger partial charge on any atom is 0.519 e. The minimum Gasteiger partial charge on any atom is -0.478 e. The average Bonchev–Trinajstić information content (AvgIpc) is 3.23. The second kappa shape index (κ2) is 12.5. The van der Waals surface area contributed by atoms with Gasteiger partial charge in [-0.3, -0.25) is 4.90 Å². The highest BCUT2D eigenvalue weighted by atomic mass is 35.5. The topological polar surface area (TPSA) is 150 Å². The molecule has 1 aromatic carbocycles. The zero-order valence-corrected chi connectivity index (χ0v) is 19.3. The van der Waals surface area contributed by atoms with E-state index >= 15 is 0 Å². The maximum atomic E-state index is 11.6. The summed E-state index contributed by atoms with van der Waals surface area (Å²) in [7, 11) is 0. The van der Waals surface area contributed by atoms with Crippen LogP contribution in [-0.4, -0.2) is 69.7 Å². The molecule has 0 unspecified atom stereocenters. The molecule has 0 saturated carbocycles. The van der Waals surface area contributed by atoms with Crippen molar-refractivity contribution in [3.63, 3.8) is 0 Å². The van der Waals surface area contributed by atoms with E-state index in [0.29, 0.717) is 35.1 Å². The number of hydrogen-bond acceptors (Lipinski definition) is 9. The van der Waals surface area contributed by atoms with Crippen LogP contribution < -0.4 is 10.7 Å². The number of halogens is 1. The highest BCUT2D eigenvalue weighted by Gasteiger charge is 2.21. The van der Waals surface area contributed by atoms with Gasteiger partial charge in [-0.1, -0.05) is 11.6 Å². The number of aromatic nitrogens is 2. The number of carbonyl (C=O) groups is 2. The third-order valence-corrected chi connectivity index (χ3v) is 5.23. The molecule has 12 heteroatoms. The normalized spacial score (nSPS) is 13.9. The van der Waals surface area contributed by atoms with E-state index < -0.39 is 17.8 Å². The van der Waals surface area contributed by atoms with Crippen LogP contribution in [0.25, 0.3) is 11.3 Å². The van der Waals surface area contributed by atoms with Crippen molar-refractivity contribution in [1.82, 2.24) is 14.9 Å². The van der Waals surface area contributed by atoms with Crippen LogP contribution in [-0.2, 0) is 16.0 Å². The van der Waals surface area contributed by atoms with Gasteiger partial charge in [-0.2, -0.15) is 0 Å². The Labute approximate surface area is 204 Å². The van der Waals surface area contributed by atoms with Crippen molar-refractivity contribution in [1.29, 1.82) is 0 Å². The number of anilines is 1. The minimum atomic E-state index is -1.26. The maximum absolute atomic E-state index is 11.6. The lowest BCUT2D eigenvalue weighted by molar-refractivity contribution is -0.134. The molecule has 1 aliphatic rings. The number of rotatable bonds is 7. The molecule has 4 rings (SSSR count). The van der Waals surface area contributed by atoms with Gasteiger partial charge in [0.2, 0.25) is 5.95 Å². The number of hydrogen-bond donors (Lipinski definition) is 2. The summed E-state index contributed by atoms with van der Waals surface area (Å²) >= 11 is 5.93. The quantitative estimate of drug-likeness (QED) is 0.458. The van der Waals surface area contributed by atoms with Crippen LogP contribution in [0.2, 0.25) is 5.02 Å². The van der Waals surface area contributed by atoms with E-state index in [1.54, 1.807) is 24.5 Å². The van der Waals surface area contributed by atoms with E-state index in [0.717, 1.165) is 44.2 Å². The van der Waals surface area contributed by atoms with Crippen LogP contribution in [0.15, 0.2) is 68.5 Å². The van der Waals surface area contributed by atoms with Crippen molar-refractivity contribution < 1.29 is 28.6 Å². The molecule has 11 nitrogen and oxygen atoms in total. The standard InChI is InChI=1S/C19H19ClN4O3.C4H4O4/c20-15-4-2-14(3-5-15)17-16(26-19(25)27-17)6-9-23-10-12-24(13-11-23)18-21-7-1-8-22-18;5-3(6)1-2-4(7)8/h1-5,7-8H,6,9-13H2;1-2H,(H,5,6)(H,7,8). The van der Waals surface area contributed by atoms with Crippen LogP contribution in [0, 0.1) is 0 Å². The summed E-state index contributed by atoms with van der Waals surface area (Å²) in [4.78, 5) is 43.8. The Kier molecular flexibility index (Phi) is 9.16. The molecule has 0 radical (unpaired) electrons. The van der Waals surface area contributed by atoms with Gasteiger partial charge in [-0.15, -0.1) is 0 Å². The van der Waals surface area contributed by atoms with Gasteiger partial charge in [-0.25, -0.2) is 24.4 Å². The van der Waals surface area contributed by atoms with E-state index in [1.165, 1.54) is 0 Å². The summed E-state index contributed by atoms with van der Waals surface area (Å²) in [6.07, 6.45) is 5.23. The summed E-state index contributed by atoms with van der Waals surface area (Å²) in [5.41, 5.74) is 0.784. The third-order valence-electron chi connectivity index (χ3n) is 4.98. The lowest BCUT2D eigenvalue weighted by Gasteiger charge is -2.34. The van der Waals surface area contributed by atoms with Gasteiger partial charge in [0.15, 0.2) is 11.5 Å². The van der Waals surface area contributed by atoms with Crippen molar-refractivity contribution >= 4 is 29.5 Å². The molecule has 0 spiro atoms. The van der Waals surface area contributed by atoms with Crippen LogP contribution >= 0.6 is 11.6 Å². The SMILES string of the molecule is O=C(O)C=CC(=O)O.O=c1oc(CCN2CCN(c3ncccn3)CC2)c(-c2ccc(Cl)cc2)o1. The summed E-state index contributed by atoms with van der Waals surface area (Å²) in [5.74, 6) is -1.38. The molecule has 0 aliphatic carbocycles. The highest BCUT2D eigenvalue weighted by molar-refractivity contribution is 6.30. The Morgan fingerprint density at radius 1 is 0.971 bits per heavy atom. The van der Waals surface area contributed by atoms with Crippen molar-refractivity contribution in [3.05, 3.63) is 76.3 Å². The molecule has 0 atom stereocenters. The molecule has 2 N–H and O–H groups in total. The molecule has 3 heterocycles. The van der Waals surface area contributed by atoms with Gasteiger partial charge >= 0.3 is 17.8 Å². The number of benzene rings is 1. The molecule has 1 fully saturated rings. The summed E-state index contributed by atoms with van der Waals surface area (Å²) in [6.45, 7) is 4.31. The van der Waals surface area contributed by atoms with Gasteiger partial charge in [0.1, 0.15) is 0 Å². The van der Waals surface area contributed by atoms with Gasteiger partial charge in [0.25, 0.3) is 0 Å². The van der Waals surface area contributed by atoms with Gasteiger partial charge in [0.05, 0.1) is 0 Å². The first-order valence-electron chi connectivity index (χ1n) is 10.6. The molecule has 35 heavy (non-hydrogen) atoms. The molecular weight excluding hydrogens is 480 g/mol. The van der Waals surface area contributed by atoms with E-state index in [4.69, 9.17) is 30.6 Å². The van der Waals surface area contributed by atoms with Crippen molar-refractivity contribution in [2.45, 2.75) is 6.42 Å². The molecule has 0 amide bonds. The largest absolute Gasteiger partial charge is 0.519 e. The fourth-order valence-corrected chi connectivity index (χ4v) is 3.45. The second-order valence-electron chi connectivity index (χ2n) is 7.35. The average molecular weight is 503 g/mol. The Balaban J connectivity index is 0.000000371. The first-order valence-corrected chi connectivity index (χ1v) is 11.0. The van der Waals surface area contributed by atoms with Crippen LogP contribution in [0.4, 0.5) is 5.95 Å². The summed E-state index contributed by atoms with van der Waals surface area (Å²) in [6, 6.07) is 8.98. The molecule has 1 saturated heterocycles. The first kappa shape index (κ1) is 25.7. The van der Waals surface area contributed by atoms with Crippen LogP contribution in [0.5, 0.6) is 0 Å². The fourth-order valence-electron chi connectivity index (χ4n) is 3.32. The Morgan fingerprint density at radius 2 is 1.57 bits per heavy atom. The second-order valence-corrected chi connectivity index (χ2v) is 7.79. The van der Waals surface area contributed by atoms with Gasteiger partial charge in [0, 0.05) is 74.3 Å². The number of nitrogens with zero attached hydrogens (tertiary/aromatic N) is 4. The number of carboxylic acids is 2. The van der Waals surface area contributed by atoms with E-state index in [-0.39, 0.29) is 0 Å². The number of piperazine rings is 1. The smallest absolute Gasteiger partial charge is 0.478 e. The third kappa shape index (κ3) is 8.09. The Hall–Kier alpha value is -3.96. The molecular formula is C23H23ClN4O7. The molecule has 0 bridgehead atoms. The van der Waals surface area contributed by atoms with Crippen LogP contribution in [0.3, 0.4) is 0 Å². The Morgan fingerprint density at radius 3 is 2.14 bits per heavy atom. The first-order chi connectivity index (χ1) is 16.8. The van der Waals surface area contributed by atoms with Gasteiger partial charge in [-0.05, 0) is 30.3 Å². The van der Waals surface area contributed by atoms with Gasteiger partial charge < -0.3 is 23.9 Å². The van der Waals surface area contributed by atoms with Crippen molar-refractivity contribution in [2.24, 2.45) is 0 Å². The number of aliphatic carboxylic acids is 2. The molecule has 1 aliphatic heterocycles. The van der Waals surface area contributed by atoms with E-state index in [9.17, 15) is 14.4 Å². The summed E-state index contributed by atoms with van der Waals surface area (Å²) in [5, 5.41) is 16.3. The minimum absolute atomic E-state index is 0.480. The lowest BCUT2D eigenvalue weighted by Crippen LogP contribution is -2.47. The molecule has 184 valence electrons. The highest BCUT2D eigenvalue weighted by Crippen LogP contribution is 2.25. The van der Waals surface area contributed by atoms with E-state index in [2.05, 4.69) is 19.8 Å². The zero-order valence-electron chi connectivity index (χ0n) is 18.5. The predicted octanol–water partition coefficient (Wildman–Crippen LogP) is 2.42. The Bertz CT molecular complexity index is 1180. The summed E-state index contributed by atoms with van der Waals surface area (Å²) < 4.78 is 10.5. The molecule has 2 aromatic heterocycles. The molecule has 3 aromatic rings. The van der Waals surface area contributed by atoms with E-state index in [1.807, 2.05) is 18.2 Å². The van der Waals surface area contributed by atoms with Crippen molar-refractivity contribution in [2.75, 3.05) is 37.6 Å². The predicted molar refractivity (Wildman–Crippen MR) is 126 cm³/mol. The fraction of sp³-hybridized carbons (Fsp3) is 0.261. The van der Waals surface area contributed by atoms with Crippen LogP contribution in [0.1, 0.15) is 5.76 Å². The lowest BCUT2D eigenvalue weighted by atomic mass is 10.1. The monoisotopic (exact) mass is 502 g/mol. The number of carboxylic acid groups (broad SMARTS) is 2.